The average molecular weight is 299 g/mol. The van der Waals surface area contributed by atoms with Gasteiger partial charge in [0.2, 0.25) is 11.8 Å². The number of fused-ring (bicyclic) bond motifs is 5. The first-order valence-electron chi connectivity index (χ1n) is 7.32. The predicted octanol–water partition coefficient (Wildman–Crippen LogP) is 1.92. The van der Waals surface area contributed by atoms with Crippen molar-refractivity contribution >= 4 is 17.5 Å². The molecule has 0 aromatic heterocycles. The highest BCUT2D eigenvalue weighted by Gasteiger charge is 2.70. The second kappa shape index (κ2) is 3.98. The van der Waals surface area contributed by atoms with Crippen molar-refractivity contribution in [1.82, 2.24) is 0 Å². The van der Waals surface area contributed by atoms with Gasteiger partial charge in [-0.05, 0) is 26.0 Å². The van der Waals surface area contributed by atoms with Crippen LogP contribution in [0.1, 0.15) is 13.8 Å². The molecular formula is C17H17NO4. The van der Waals surface area contributed by atoms with Crippen molar-refractivity contribution in [2.24, 2.45) is 11.8 Å². The molecule has 3 aliphatic rings. The third kappa shape index (κ3) is 1.47. The van der Waals surface area contributed by atoms with E-state index in [1.807, 2.05) is 26.0 Å². The van der Waals surface area contributed by atoms with Crippen molar-refractivity contribution in [1.29, 1.82) is 0 Å². The van der Waals surface area contributed by atoms with Gasteiger partial charge >= 0.3 is 0 Å². The second-order valence-corrected chi connectivity index (χ2v) is 6.47. The van der Waals surface area contributed by atoms with Crippen LogP contribution >= 0.6 is 0 Å². The van der Waals surface area contributed by atoms with Crippen LogP contribution in [0, 0.1) is 11.8 Å². The molecule has 5 nitrogen and oxygen atoms in total. The van der Waals surface area contributed by atoms with E-state index in [0.717, 1.165) is 0 Å². The van der Waals surface area contributed by atoms with Gasteiger partial charge in [0.05, 0.1) is 35.8 Å². The molecule has 1 aromatic rings. The topological polar surface area (TPSA) is 55.8 Å². The molecule has 0 radical (unpaired) electrons. The Hall–Kier alpha value is -2.14. The van der Waals surface area contributed by atoms with Crippen molar-refractivity contribution in [2.45, 2.75) is 25.0 Å². The molecule has 0 unspecified atom stereocenters. The highest BCUT2D eigenvalue weighted by molar-refractivity contribution is 6.23. The molecule has 3 heterocycles. The molecule has 0 aliphatic carbocycles. The summed E-state index contributed by atoms with van der Waals surface area (Å²) in [5.74, 6) is -0.690. The first kappa shape index (κ1) is 13.5. The minimum atomic E-state index is -0.695. The van der Waals surface area contributed by atoms with E-state index in [1.165, 1.54) is 4.90 Å². The summed E-state index contributed by atoms with van der Waals surface area (Å²) < 4.78 is 11.2. The molecule has 0 N–H and O–H groups in total. The maximum atomic E-state index is 12.9. The Morgan fingerprint density at radius 1 is 1.09 bits per heavy atom. The SMILES string of the molecule is COc1cccc(N2C(=O)[C@@H]3[C@H](C2=O)[C@]2(C)C=C[C@]3(C)O2)c1. The average Bonchev–Trinajstić information content (AvgIpc) is 3.04. The van der Waals surface area contributed by atoms with E-state index >= 15 is 0 Å². The zero-order valence-corrected chi connectivity index (χ0v) is 12.7. The minimum Gasteiger partial charge on any atom is -0.497 e. The molecule has 114 valence electrons. The largest absolute Gasteiger partial charge is 0.497 e. The Morgan fingerprint density at radius 3 is 2.23 bits per heavy atom. The molecule has 0 spiro atoms. The monoisotopic (exact) mass is 299 g/mol. The zero-order valence-electron chi connectivity index (χ0n) is 12.7. The minimum absolute atomic E-state index is 0.196. The smallest absolute Gasteiger partial charge is 0.241 e. The number of amides is 2. The molecule has 3 aliphatic heterocycles. The van der Waals surface area contributed by atoms with Crippen molar-refractivity contribution in [3.05, 3.63) is 36.4 Å². The van der Waals surface area contributed by atoms with E-state index in [4.69, 9.17) is 9.47 Å². The van der Waals surface area contributed by atoms with E-state index in [2.05, 4.69) is 0 Å². The number of carbonyl (C=O) groups excluding carboxylic acids is 2. The van der Waals surface area contributed by atoms with Crippen LogP contribution in [-0.2, 0) is 14.3 Å². The van der Waals surface area contributed by atoms with Gasteiger partial charge in [0, 0.05) is 6.07 Å². The van der Waals surface area contributed by atoms with E-state index in [-0.39, 0.29) is 11.8 Å². The van der Waals surface area contributed by atoms with E-state index in [9.17, 15) is 9.59 Å². The predicted molar refractivity (Wildman–Crippen MR) is 79.5 cm³/mol. The van der Waals surface area contributed by atoms with Crippen LogP contribution in [0.3, 0.4) is 0 Å². The number of hydrogen-bond donors (Lipinski definition) is 0. The van der Waals surface area contributed by atoms with Gasteiger partial charge in [0.25, 0.3) is 0 Å². The molecule has 22 heavy (non-hydrogen) atoms. The molecule has 4 atom stereocenters. The summed E-state index contributed by atoms with van der Waals surface area (Å²) in [7, 11) is 1.56. The maximum Gasteiger partial charge on any atom is 0.241 e. The number of anilines is 1. The summed E-state index contributed by atoms with van der Waals surface area (Å²) >= 11 is 0. The highest BCUT2D eigenvalue weighted by atomic mass is 16.5. The first-order valence-corrected chi connectivity index (χ1v) is 7.32. The van der Waals surface area contributed by atoms with E-state index in [0.29, 0.717) is 11.4 Å². The number of carbonyl (C=O) groups is 2. The number of hydrogen-bond acceptors (Lipinski definition) is 4. The molecule has 2 amide bonds. The lowest BCUT2D eigenvalue weighted by molar-refractivity contribution is -0.128. The van der Waals surface area contributed by atoms with Crippen molar-refractivity contribution in [2.75, 3.05) is 12.0 Å². The molecule has 2 saturated heterocycles. The van der Waals surface area contributed by atoms with Gasteiger partial charge in [-0.2, -0.15) is 0 Å². The molecule has 1 aromatic carbocycles. The number of imide groups is 1. The molecule has 5 heteroatoms. The summed E-state index contributed by atoms with van der Waals surface area (Å²) in [6.07, 6.45) is 3.82. The summed E-state index contributed by atoms with van der Waals surface area (Å²) in [5.41, 5.74) is -0.838. The zero-order chi connectivity index (χ0) is 15.7. The molecule has 2 fully saturated rings. The summed E-state index contributed by atoms with van der Waals surface area (Å²) in [6.45, 7) is 3.75. The summed E-state index contributed by atoms with van der Waals surface area (Å²) in [5, 5.41) is 0. The van der Waals surface area contributed by atoms with E-state index < -0.39 is 23.0 Å². The number of ether oxygens (including phenoxy) is 2. The van der Waals surface area contributed by atoms with Crippen LogP contribution in [0.15, 0.2) is 36.4 Å². The number of nitrogens with zero attached hydrogens (tertiary/aromatic N) is 1. The van der Waals surface area contributed by atoms with Gasteiger partial charge in [-0.3, -0.25) is 9.59 Å². The maximum absolute atomic E-state index is 12.9. The fourth-order valence-electron chi connectivity index (χ4n) is 4.04. The van der Waals surface area contributed by atoms with Crippen LogP contribution in [-0.4, -0.2) is 30.1 Å². The lowest BCUT2D eigenvalue weighted by Crippen LogP contribution is -2.39. The van der Waals surface area contributed by atoms with Crippen molar-refractivity contribution in [3.63, 3.8) is 0 Å². The molecule has 0 saturated carbocycles. The Balaban J connectivity index is 1.79. The summed E-state index contributed by atoms with van der Waals surface area (Å²) in [4.78, 5) is 27.1. The fraction of sp³-hybridized carbons (Fsp3) is 0.412. The van der Waals surface area contributed by atoms with Crippen LogP contribution in [0.4, 0.5) is 5.69 Å². The van der Waals surface area contributed by atoms with Crippen LogP contribution < -0.4 is 9.64 Å². The van der Waals surface area contributed by atoms with Crippen molar-refractivity contribution < 1.29 is 19.1 Å². The van der Waals surface area contributed by atoms with Crippen LogP contribution in [0.5, 0.6) is 5.75 Å². The van der Waals surface area contributed by atoms with Gasteiger partial charge in [0.15, 0.2) is 0 Å². The first-order chi connectivity index (χ1) is 10.4. The molecular weight excluding hydrogens is 282 g/mol. The van der Waals surface area contributed by atoms with Gasteiger partial charge in [-0.15, -0.1) is 0 Å². The lowest BCUT2D eigenvalue weighted by atomic mass is 9.73. The van der Waals surface area contributed by atoms with Crippen molar-refractivity contribution in [3.8, 4) is 5.75 Å². The standard InChI is InChI=1S/C17H17NO4/c1-16-7-8-17(2,22-16)13-12(16)14(19)18(15(13)20)10-5-4-6-11(9-10)21-3/h4-9,12-13H,1-3H3/t12-,13+,16-,17-/m0/s1. The van der Waals surface area contributed by atoms with Gasteiger partial charge in [-0.1, -0.05) is 18.2 Å². The Morgan fingerprint density at radius 2 is 1.68 bits per heavy atom. The number of benzene rings is 1. The third-order valence-corrected chi connectivity index (χ3v) is 5.04. The van der Waals surface area contributed by atoms with Gasteiger partial charge < -0.3 is 9.47 Å². The molecule has 4 rings (SSSR count). The Bertz CT molecular complexity index is 691. The van der Waals surface area contributed by atoms with E-state index in [1.54, 1.807) is 31.4 Å². The Kier molecular flexibility index (Phi) is 2.45. The Labute approximate surface area is 128 Å². The quantitative estimate of drug-likeness (QED) is 0.618. The molecule has 2 bridgehead atoms. The fourth-order valence-corrected chi connectivity index (χ4v) is 4.04. The highest BCUT2D eigenvalue weighted by Crippen LogP contribution is 2.57. The van der Waals surface area contributed by atoms with Crippen LogP contribution in [0.25, 0.3) is 0 Å². The third-order valence-electron chi connectivity index (χ3n) is 5.04. The number of rotatable bonds is 2. The lowest BCUT2D eigenvalue weighted by Gasteiger charge is -2.25. The summed E-state index contributed by atoms with van der Waals surface area (Å²) in [6, 6.07) is 7.01. The normalized spacial score (nSPS) is 38.8. The second-order valence-electron chi connectivity index (χ2n) is 6.47. The number of methoxy groups -OCH3 is 1. The van der Waals surface area contributed by atoms with Gasteiger partial charge in [-0.25, -0.2) is 4.90 Å². The van der Waals surface area contributed by atoms with Crippen LogP contribution in [0.2, 0.25) is 0 Å². The van der Waals surface area contributed by atoms with Gasteiger partial charge in [0.1, 0.15) is 5.75 Å².